The molecular formula is C19H12Cl4O5S. The number of phenolic OH excluding ortho intramolecular Hbond substituents is 2. The van der Waals surface area contributed by atoms with Gasteiger partial charge in [0.25, 0.3) is 10.1 Å². The molecule has 5 nitrogen and oxygen atoms in total. The van der Waals surface area contributed by atoms with Crippen molar-refractivity contribution in [2.45, 2.75) is 4.75 Å². The molecule has 0 amide bonds. The molecule has 0 saturated heterocycles. The summed E-state index contributed by atoms with van der Waals surface area (Å²) in [6, 6.07) is 12.6. The van der Waals surface area contributed by atoms with Crippen molar-refractivity contribution in [2.24, 2.45) is 0 Å². The third-order valence-corrected chi connectivity index (χ3v) is 7.66. The zero-order valence-electron chi connectivity index (χ0n) is 14.3. The third-order valence-electron chi connectivity index (χ3n) is 4.41. The van der Waals surface area contributed by atoms with Crippen LogP contribution in [0.1, 0.15) is 16.7 Å². The van der Waals surface area contributed by atoms with Crippen LogP contribution in [-0.4, -0.2) is 23.2 Å². The highest BCUT2D eigenvalue weighted by atomic mass is 35.5. The van der Waals surface area contributed by atoms with E-state index < -0.39 is 36.2 Å². The maximum atomic E-state index is 13.0. The number of rotatable bonds is 4. The molecule has 3 N–H and O–H groups in total. The molecule has 0 aliphatic carbocycles. The van der Waals surface area contributed by atoms with Gasteiger partial charge >= 0.3 is 0 Å². The molecule has 1 atom stereocenters. The first-order chi connectivity index (χ1) is 13.5. The molecule has 0 fully saturated rings. The van der Waals surface area contributed by atoms with E-state index in [2.05, 4.69) is 0 Å². The molecule has 3 aromatic carbocycles. The van der Waals surface area contributed by atoms with Gasteiger partial charge in [-0.2, -0.15) is 8.42 Å². The van der Waals surface area contributed by atoms with E-state index in [0.29, 0.717) is 0 Å². The van der Waals surface area contributed by atoms with E-state index in [1.807, 2.05) is 0 Å². The summed E-state index contributed by atoms with van der Waals surface area (Å²) >= 11 is 24.5. The monoisotopic (exact) mass is 492 g/mol. The quantitative estimate of drug-likeness (QED) is 0.182. The molecule has 29 heavy (non-hydrogen) atoms. The lowest BCUT2D eigenvalue weighted by Crippen LogP contribution is -2.38. The first-order valence-corrected chi connectivity index (χ1v) is 10.9. The zero-order chi connectivity index (χ0) is 21.6. The Morgan fingerprint density at radius 1 is 0.724 bits per heavy atom. The van der Waals surface area contributed by atoms with Crippen LogP contribution in [0.15, 0.2) is 54.6 Å². The Bertz CT molecular complexity index is 1170. The molecular weight excluding hydrogens is 482 g/mol. The zero-order valence-corrected chi connectivity index (χ0v) is 18.1. The predicted octanol–water partition coefficient (Wildman–Crippen LogP) is 5.89. The van der Waals surface area contributed by atoms with Gasteiger partial charge in [-0.3, -0.25) is 4.55 Å². The lowest BCUT2D eigenvalue weighted by molar-refractivity contribution is 0.439. The summed E-state index contributed by atoms with van der Waals surface area (Å²) in [6.07, 6.45) is 0. The van der Waals surface area contributed by atoms with E-state index in [0.717, 1.165) is 6.07 Å². The van der Waals surface area contributed by atoms with Crippen molar-refractivity contribution in [2.75, 3.05) is 0 Å². The van der Waals surface area contributed by atoms with E-state index in [4.69, 9.17) is 46.4 Å². The first-order valence-electron chi connectivity index (χ1n) is 7.91. The molecule has 0 radical (unpaired) electrons. The minimum Gasteiger partial charge on any atom is -0.508 e. The van der Waals surface area contributed by atoms with Gasteiger partial charge in [-0.15, -0.1) is 0 Å². The summed E-state index contributed by atoms with van der Waals surface area (Å²) in [5, 5.41) is 19.3. The summed E-state index contributed by atoms with van der Waals surface area (Å²) in [4.78, 5) is 0. The SMILES string of the molecule is O=S(=O)(O)C(c1ccccc1)(c1cccc(O)c1)c1c(O)c(Cl)c(Cl)c(Cl)c1Cl. The summed E-state index contributed by atoms with van der Waals surface area (Å²) in [6.45, 7) is 0. The second kappa shape index (κ2) is 7.87. The maximum absolute atomic E-state index is 13.0. The lowest BCUT2D eigenvalue weighted by Gasteiger charge is -2.34. The van der Waals surface area contributed by atoms with E-state index in [1.54, 1.807) is 6.07 Å². The summed E-state index contributed by atoms with van der Waals surface area (Å²) in [5.41, 5.74) is -0.601. The fourth-order valence-corrected chi connectivity index (χ4v) is 5.58. The Hall–Kier alpha value is -1.67. The highest BCUT2D eigenvalue weighted by molar-refractivity contribution is 7.87. The van der Waals surface area contributed by atoms with Crippen molar-refractivity contribution in [3.05, 3.63) is 91.4 Å². The van der Waals surface area contributed by atoms with Crippen LogP contribution < -0.4 is 0 Å². The van der Waals surface area contributed by atoms with Crippen LogP contribution in [0, 0.1) is 0 Å². The van der Waals surface area contributed by atoms with Crippen molar-refractivity contribution in [1.82, 2.24) is 0 Å². The molecule has 0 bridgehead atoms. The van der Waals surface area contributed by atoms with Crippen molar-refractivity contribution in [1.29, 1.82) is 0 Å². The van der Waals surface area contributed by atoms with Crippen LogP contribution in [0.4, 0.5) is 0 Å². The topological polar surface area (TPSA) is 94.8 Å². The van der Waals surface area contributed by atoms with Gasteiger partial charge in [0, 0.05) is 5.56 Å². The second-order valence-corrected chi connectivity index (χ2v) is 9.13. The van der Waals surface area contributed by atoms with E-state index >= 15 is 0 Å². The van der Waals surface area contributed by atoms with Crippen LogP contribution >= 0.6 is 46.4 Å². The van der Waals surface area contributed by atoms with Gasteiger partial charge in [0.1, 0.15) is 16.5 Å². The van der Waals surface area contributed by atoms with Gasteiger partial charge in [-0.25, -0.2) is 0 Å². The minimum atomic E-state index is -5.11. The highest BCUT2D eigenvalue weighted by Gasteiger charge is 2.52. The van der Waals surface area contributed by atoms with Crippen LogP contribution in [0.2, 0.25) is 20.1 Å². The molecule has 0 heterocycles. The standard InChI is InChI=1S/C19H12Cl4O5S/c20-14-13(18(25)17(23)16(22)15(14)21)19(29(26,27)28,10-5-2-1-3-6-10)11-7-4-8-12(24)9-11/h1-9,24-25H,(H,26,27,28). The second-order valence-electron chi connectivity index (χ2n) is 6.05. The van der Waals surface area contributed by atoms with Crippen LogP contribution in [0.3, 0.4) is 0 Å². The molecule has 3 rings (SSSR count). The number of hydrogen-bond acceptors (Lipinski definition) is 4. The number of halogens is 4. The van der Waals surface area contributed by atoms with Gasteiger partial charge < -0.3 is 10.2 Å². The normalized spacial score (nSPS) is 13.8. The van der Waals surface area contributed by atoms with E-state index in [-0.39, 0.29) is 26.9 Å². The Morgan fingerprint density at radius 2 is 1.28 bits per heavy atom. The fourth-order valence-electron chi connectivity index (χ4n) is 3.22. The molecule has 10 heteroatoms. The van der Waals surface area contributed by atoms with Crippen molar-refractivity contribution in [3.63, 3.8) is 0 Å². The van der Waals surface area contributed by atoms with Gasteiger partial charge in [0.05, 0.1) is 15.1 Å². The number of hydrogen-bond donors (Lipinski definition) is 3. The Labute approximate surface area is 186 Å². The fraction of sp³-hybridized carbons (Fsp3) is 0.0526. The smallest absolute Gasteiger partial charge is 0.283 e. The first kappa shape index (κ1) is 22.0. The molecule has 0 aliphatic heterocycles. The predicted molar refractivity (Wildman–Crippen MR) is 114 cm³/mol. The maximum Gasteiger partial charge on any atom is 0.283 e. The summed E-state index contributed by atoms with van der Waals surface area (Å²) in [7, 11) is -5.11. The van der Waals surface area contributed by atoms with E-state index in [9.17, 15) is 23.2 Å². The molecule has 0 spiro atoms. The Morgan fingerprint density at radius 3 is 1.83 bits per heavy atom. The van der Waals surface area contributed by atoms with Gasteiger partial charge in [-0.05, 0) is 23.3 Å². The van der Waals surface area contributed by atoms with Crippen LogP contribution in [0.25, 0.3) is 0 Å². The lowest BCUT2D eigenvalue weighted by atomic mass is 9.83. The molecule has 0 aromatic heterocycles. The van der Waals surface area contributed by atoms with Crippen molar-refractivity contribution >= 4 is 56.5 Å². The highest BCUT2D eigenvalue weighted by Crippen LogP contribution is 2.55. The number of benzene rings is 3. The Kier molecular flexibility index (Phi) is 5.98. The molecule has 0 aliphatic rings. The van der Waals surface area contributed by atoms with Gasteiger partial charge in [0.2, 0.25) is 0 Å². The molecule has 1 unspecified atom stereocenters. The van der Waals surface area contributed by atoms with Gasteiger partial charge in [0.15, 0.2) is 4.75 Å². The average Bonchev–Trinajstić information content (AvgIpc) is 2.68. The third kappa shape index (κ3) is 3.44. The molecule has 3 aromatic rings. The van der Waals surface area contributed by atoms with E-state index in [1.165, 1.54) is 42.5 Å². The molecule has 152 valence electrons. The summed E-state index contributed by atoms with van der Waals surface area (Å²) in [5.74, 6) is -1.07. The van der Waals surface area contributed by atoms with Crippen LogP contribution in [-0.2, 0) is 14.9 Å². The summed E-state index contributed by atoms with van der Waals surface area (Å²) < 4.78 is 33.9. The van der Waals surface area contributed by atoms with Crippen molar-refractivity contribution < 1.29 is 23.2 Å². The van der Waals surface area contributed by atoms with Gasteiger partial charge in [-0.1, -0.05) is 88.9 Å². The van der Waals surface area contributed by atoms with Crippen LogP contribution in [0.5, 0.6) is 11.5 Å². The van der Waals surface area contributed by atoms with Crippen molar-refractivity contribution in [3.8, 4) is 11.5 Å². The molecule has 0 saturated carbocycles. The average molecular weight is 494 g/mol. The Balaban J connectivity index is 2.66. The number of phenols is 2. The number of aromatic hydroxyl groups is 2. The largest absolute Gasteiger partial charge is 0.508 e. The minimum absolute atomic E-state index is 0.0137.